The van der Waals surface area contributed by atoms with Crippen LogP contribution in [0.2, 0.25) is 0 Å². The quantitative estimate of drug-likeness (QED) is 0.301. The van der Waals surface area contributed by atoms with Crippen LogP contribution in [0, 0.1) is 0 Å². The smallest absolute Gasteiger partial charge is 0.0666 e. The van der Waals surface area contributed by atoms with E-state index >= 15 is 0 Å². The Hall–Kier alpha value is 0.620. The summed E-state index contributed by atoms with van der Waals surface area (Å²) in [6.45, 7) is 9.55. The summed E-state index contributed by atoms with van der Waals surface area (Å²) in [5, 5.41) is 10.0. The summed E-state index contributed by atoms with van der Waals surface area (Å²) in [6, 6.07) is 0. The maximum absolute atomic E-state index is 2.86. The van der Waals surface area contributed by atoms with Crippen LogP contribution in [0.5, 0.6) is 0 Å². The van der Waals surface area contributed by atoms with E-state index in [0.717, 1.165) is 0 Å². The minimum absolute atomic E-state index is 1.32. The molecule has 2 aliphatic rings. The maximum Gasteiger partial charge on any atom is 0.0666 e. The molecule has 0 radical (unpaired) electrons. The lowest BCUT2D eigenvalue weighted by Crippen LogP contribution is -2.46. The Kier molecular flexibility index (Phi) is 8.29. The second kappa shape index (κ2) is 9.41. The fourth-order valence-corrected chi connectivity index (χ4v) is 21.4. The number of unbranched alkanes of at least 4 members (excludes halogenated alkanes) is 4. The van der Waals surface area contributed by atoms with Crippen molar-refractivity contribution in [2.24, 2.45) is 0 Å². The van der Waals surface area contributed by atoms with E-state index in [1.54, 1.807) is 4.24 Å². The van der Waals surface area contributed by atoms with Gasteiger partial charge in [-0.15, -0.1) is 0 Å². The van der Waals surface area contributed by atoms with Gasteiger partial charge >= 0.3 is 0 Å². The number of thioether (sulfide) groups is 3. The van der Waals surface area contributed by atoms with E-state index in [1.807, 2.05) is 27.8 Å². The zero-order valence-corrected chi connectivity index (χ0v) is 20.7. The molecule has 0 fully saturated rings. The van der Waals surface area contributed by atoms with Crippen molar-refractivity contribution in [3.8, 4) is 0 Å². The van der Waals surface area contributed by atoms with Crippen molar-refractivity contribution in [2.45, 2.75) is 79.1 Å². The van der Waals surface area contributed by atoms with Gasteiger partial charge in [-0.05, 0) is 70.3 Å². The minimum Gasteiger partial charge on any atom is -0.231 e. The Balaban J connectivity index is 2.72. The third-order valence-corrected chi connectivity index (χ3v) is 20.9. The highest BCUT2D eigenvalue weighted by molar-refractivity contribution is 8.74. The molecule has 0 atom stereocenters. The summed E-state index contributed by atoms with van der Waals surface area (Å²) in [6.07, 6.45) is 10.9. The largest absolute Gasteiger partial charge is 0.231 e. The molecule has 0 aromatic rings. The number of hydrogen-bond acceptors (Lipinski definition) is 3. The molecule has 4 heteroatoms. The van der Waals surface area contributed by atoms with Crippen molar-refractivity contribution in [1.29, 1.82) is 0 Å². The molecule has 0 aromatic carbocycles. The van der Waals surface area contributed by atoms with Gasteiger partial charge in [0.15, 0.2) is 0 Å². The van der Waals surface area contributed by atoms with Crippen LogP contribution in [-0.4, -0.2) is 23.0 Å². The molecule has 0 saturated heterocycles. The molecular weight excluding hydrogens is 393 g/mol. The molecule has 2 aliphatic heterocycles. The first-order valence-electron chi connectivity index (χ1n) is 10.7. The molecule has 0 spiro atoms. The minimum atomic E-state index is -2.40. The van der Waals surface area contributed by atoms with Gasteiger partial charge in [-0.25, -0.2) is 8.29 Å². The second-order valence-corrected chi connectivity index (χ2v) is 19.0. The normalized spacial score (nSPS) is 25.1. The van der Waals surface area contributed by atoms with Crippen LogP contribution >= 0.6 is 43.6 Å². The van der Waals surface area contributed by atoms with E-state index in [0.29, 0.717) is 0 Å². The number of rotatable bonds is 12. The molecule has 0 amide bonds. The van der Waals surface area contributed by atoms with E-state index in [1.165, 1.54) is 74.4 Å². The molecule has 0 aliphatic carbocycles. The Morgan fingerprint density at radius 3 is 1.42 bits per heavy atom. The zero-order chi connectivity index (χ0) is 19.0. The van der Waals surface area contributed by atoms with Crippen LogP contribution in [0.15, 0.2) is 30.1 Å². The summed E-state index contributed by atoms with van der Waals surface area (Å²) in [4.78, 5) is 0. The van der Waals surface area contributed by atoms with E-state index < -0.39 is 8.29 Å². The lowest BCUT2D eigenvalue weighted by Gasteiger charge is -2.78. The van der Waals surface area contributed by atoms with Crippen molar-refractivity contribution in [1.82, 2.24) is 0 Å². The fraction of sp³-hybridized carbons (Fsp3) is 0.727. The van der Waals surface area contributed by atoms with Gasteiger partial charge in [-0.2, -0.15) is 0 Å². The summed E-state index contributed by atoms with van der Waals surface area (Å²) < 4.78 is 3.47. The van der Waals surface area contributed by atoms with Crippen LogP contribution in [0.25, 0.3) is 0 Å². The summed E-state index contributed by atoms with van der Waals surface area (Å²) in [5.74, 6) is 5.83. The van der Waals surface area contributed by atoms with Crippen LogP contribution in [0.3, 0.4) is 0 Å². The molecule has 0 N–H and O–H groups in total. The van der Waals surface area contributed by atoms with Gasteiger partial charge in [-0.1, -0.05) is 88.7 Å². The molecule has 152 valence electrons. The van der Waals surface area contributed by atoms with Gasteiger partial charge in [-0.3, -0.25) is 0 Å². The average Bonchev–Trinajstić information content (AvgIpc) is 3.30. The first-order chi connectivity index (χ1) is 12.6. The van der Waals surface area contributed by atoms with Crippen LogP contribution in [-0.2, 0) is 0 Å². The van der Waals surface area contributed by atoms with Crippen molar-refractivity contribution >= 4 is 43.6 Å². The third-order valence-electron chi connectivity index (χ3n) is 6.49. The molecule has 0 saturated carbocycles. The van der Waals surface area contributed by atoms with Crippen LogP contribution < -0.4 is 0 Å². The molecule has 0 unspecified atom stereocenters. The number of hydrogen-bond donors (Lipinski definition) is 0. The van der Waals surface area contributed by atoms with Crippen molar-refractivity contribution in [3.05, 3.63) is 30.1 Å². The molecule has 0 aromatic heterocycles. The second-order valence-electron chi connectivity index (χ2n) is 8.29. The molecule has 2 heterocycles. The van der Waals surface area contributed by atoms with E-state index in [4.69, 9.17) is 0 Å². The Labute approximate surface area is 175 Å². The van der Waals surface area contributed by atoms with Gasteiger partial charge in [0, 0.05) is 4.24 Å². The standard InChI is InChI=1S/C22H40S4/c1-5-9-16-26(17-10-6-2,18-11-7-3,19-12-8-4)20-15-25-22(26)21-23-13-14-24-21/h13-15,20H,5-12,16-19H2,1-4H3. The third kappa shape index (κ3) is 4.00. The Morgan fingerprint density at radius 2 is 1.04 bits per heavy atom. The van der Waals surface area contributed by atoms with Gasteiger partial charge in [0.25, 0.3) is 0 Å². The zero-order valence-electron chi connectivity index (χ0n) is 17.4. The topological polar surface area (TPSA) is 0 Å². The van der Waals surface area contributed by atoms with Crippen molar-refractivity contribution < 1.29 is 0 Å². The lowest BCUT2D eigenvalue weighted by molar-refractivity contribution is 0.811. The summed E-state index contributed by atoms with van der Waals surface area (Å²) >= 11 is 6.12. The SMILES string of the molecule is CCCCS1(CCCC)(CCCC)(CCCC)C=CSC1=C1SC=CS1. The average molecular weight is 433 g/mol. The Morgan fingerprint density at radius 1 is 0.615 bits per heavy atom. The Bertz CT molecular complexity index is 513. The summed E-state index contributed by atoms with van der Waals surface area (Å²) in [5.41, 5.74) is 0. The maximum atomic E-state index is 2.86. The van der Waals surface area contributed by atoms with E-state index in [2.05, 4.69) is 61.1 Å². The molecular formula is C22H40S4. The fourth-order valence-electron chi connectivity index (χ4n) is 4.81. The lowest BCUT2D eigenvalue weighted by atomic mass is 10.4. The molecule has 2 rings (SSSR count). The van der Waals surface area contributed by atoms with Crippen LogP contribution in [0.4, 0.5) is 0 Å². The van der Waals surface area contributed by atoms with E-state index in [9.17, 15) is 0 Å². The van der Waals surface area contributed by atoms with Gasteiger partial charge in [0.1, 0.15) is 0 Å². The van der Waals surface area contributed by atoms with Gasteiger partial charge < -0.3 is 0 Å². The molecule has 0 bridgehead atoms. The summed E-state index contributed by atoms with van der Waals surface area (Å²) in [7, 11) is -2.40. The highest BCUT2D eigenvalue weighted by Crippen LogP contribution is 3.00. The van der Waals surface area contributed by atoms with Gasteiger partial charge in [0.2, 0.25) is 0 Å². The predicted octanol–water partition coefficient (Wildman–Crippen LogP) is 9.36. The monoisotopic (exact) mass is 432 g/mol. The van der Waals surface area contributed by atoms with E-state index in [-0.39, 0.29) is 0 Å². The van der Waals surface area contributed by atoms with Gasteiger partial charge in [0.05, 0.1) is 4.24 Å². The predicted molar refractivity (Wildman–Crippen MR) is 135 cm³/mol. The highest BCUT2D eigenvalue weighted by Gasteiger charge is 2.62. The van der Waals surface area contributed by atoms with Crippen molar-refractivity contribution in [3.63, 3.8) is 0 Å². The first kappa shape index (κ1) is 22.9. The molecule has 0 nitrogen and oxygen atoms in total. The highest BCUT2D eigenvalue weighted by atomic mass is 32.4. The molecule has 26 heavy (non-hydrogen) atoms. The van der Waals surface area contributed by atoms with Crippen molar-refractivity contribution in [2.75, 3.05) is 23.0 Å². The first-order valence-corrected chi connectivity index (χ1v) is 16.5. The van der Waals surface area contributed by atoms with Crippen LogP contribution in [0.1, 0.15) is 79.1 Å².